The van der Waals surface area contributed by atoms with Crippen LogP contribution in [0, 0.1) is 0 Å². The van der Waals surface area contributed by atoms with Gasteiger partial charge in [0.2, 0.25) is 0 Å². The molecule has 0 aliphatic carbocycles. The molecule has 0 aromatic carbocycles. The van der Waals surface area contributed by atoms with Crippen molar-refractivity contribution in [1.82, 2.24) is 19.8 Å². The highest BCUT2D eigenvalue weighted by Gasteiger charge is 2.28. The third kappa shape index (κ3) is 3.19. The van der Waals surface area contributed by atoms with Gasteiger partial charge in [0, 0.05) is 32.4 Å². The van der Waals surface area contributed by atoms with Crippen LogP contribution in [0.5, 0.6) is 0 Å². The van der Waals surface area contributed by atoms with Crippen molar-refractivity contribution in [2.24, 2.45) is 0 Å². The van der Waals surface area contributed by atoms with Crippen LogP contribution in [-0.2, 0) is 4.79 Å². The summed E-state index contributed by atoms with van der Waals surface area (Å²) in [4.78, 5) is 53.1. The zero-order valence-electron chi connectivity index (χ0n) is 11.5. The van der Waals surface area contributed by atoms with Gasteiger partial charge in [0.15, 0.2) is 0 Å². The number of aliphatic carboxylic acids is 1. The number of carbonyl (C=O) groups excluding carboxylic acids is 1. The van der Waals surface area contributed by atoms with Gasteiger partial charge in [-0.25, -0.2) is 4.79 Å². The molecule has 1 fully saturated rings. The second-order valence-corrected chi connectivity index (χ2v) is 4.83. The van der Waals surface area contributed by atoms with Crippen LogP contribution in [-0.4, -0.2) is 69.0 Å². The van der Waals surface area contributed by atoms with E-state index in [-0.39, 0.29) is 5.56 Å². The molecular formula is C12H16N4O5. The van der Waals surface area contributed by atoms with Gasteiger partial charge in [-0.2, -0.15) is 0 Å². The van der Waals surface area contributed by atoms with E-state index in [1.165, 1.54) is 4.90 Å². The smallest absolute Gasteiger partial charge is 0.325 e. The van der Waals surface area contributed by atoms with Gasteiger partial charge < -0.3 is 15.0 Å². The number of carbonyl (C=O) groups is 2. The number of hydrogen-bond donors (Lipinski definition) is 3. The van der Waals surface area contributed by atoms with Gasteiger partial charge in [0.05, 0.1) is 0 Å². The summed E-state index contributed by atoms with van der Waals surface area (Å²) >= 11 is 0. The van der Waals surface area contributed by atoms with E-state index in [1.54, 1.807) is 11.8 Å². The van der Waals surface area contributed by atoms with Crippen LogP contribution < -0.4 is 11.2 Å². The Morgan fingerprint density at radius 2 is 1.86 bits per heavy atom. The van der Waals surface area contributed by atoms with Crippen LogP contribution in [0.3, 0.4) is 0 Å². The molecule has 2 heterocycles. The average Bonchev–Trinajstić information content (AvgIpc) is 2.46. The van der Waals surface area contributed by atoms with E-state index in [4.69, 9.17) is 5.11 Å². The highest BCUT2D eigenvalue weighted by Crippen LogP contribution is 2.08. The molecule has 9 heteroatoms. The number of nitrogens with one attached hydrogen (secondary N) is 2. The van der Waals surface area contributed by atoms with Crippen molar-refractivity contribution in [2.45, 2.75) is 13.0 Å². The molecule has 1 aliphatic heterocycles. The largest absolute Gasteiger partial charge is 0.480 e. The highest BCUT2D eigenvalue weighted by atomic mass is 16.4. The Morgan fingerprint density at radius 3 is 2.38 bits per heavy atom. The fourth-order valence-corrected chi connectivity index (χ4v) is 2.21. The Labute approximate surface area is 119 Å². The van der Waals surface area contributed by atoms with Gasteiger partial charge in [-0.3, -0.25) is 24.3 Å². The number of carboxylic acids is 1. The molecule has 9 nitrogen and oxygen atoms in total. The van der Waals surface area contributed by atoms with Crippen molar-refractivity contribution in [2.75, 3.05) is 26.2 Å². The second kappa shape index (κ2) is 5.92. The van der Waals surface area contributed by atoms with Crippen molar-refractivity contribution in [3.05, 3.63) is 32.6 Å². The van der Waals surface area contributed by atoms with Crippen LogP contribution in [0.15, 0.2) is 15.8 Å². The average molecular weight is 296 g/mol. The van der Waals surface area contributed by atoms with E-state index in [0.717, 1.165) is 6.20 Å². The van der Waals surface area contributed by atoms with Crippen LogP contribution in [0.25, 0.3) is 0 Å². The molecular weight excluding hydrogens is 280 g/mol. The van der Waals surface area contributed by atoms with E-state index in [2.05, 4.69) is 4.98 Å². The first-order valence-corrected chi connectivity index (χ1v) is 6.48. The third-order valence-corrected chi connectivity index (χ3v) is 3.56. The maximum atomic E-state index is 12.2. The molecule has 1 aromatic rings. The summed E-state index contributed by atoms with van der Waals surface area (Å²) in [6.07, 6.45) is 1.09. The molecule has 21 heavy (non-hydrogen) atoms. The van der Waals surface area contributed by atoms with Gasteiger partial charge in [-0.15, -0.1) is 0 Å². The first kappa shape index (κ1) is 15.0. The van der Waals surface area contributed by atoms with Gasteiger partial charge >= 0.3 is 11.7 Å². The Balaban J connectivity index is 2.05. The number of carboxylic acid groups (broad SMARTS) is 1. The van der Waals surface area contributed by atoms with E-state index < -0.39 is 29.2 Å². The first-order chi connectivity index (χ1) is 9.90. The SMILES string of the molecule is CC(C(=O)O)N1CCN(C(=O)c2c[nH]c(=O)[nH]c2=O)CC1. The molecule has 0 spiro atoms. The molecule has 2 rings (SSSR count). The summed E-state index contributed by atoms with van der Waals surface area (Å²) in [5.74, 6) is -1.39. The molecule has 0 radical (unpaired) electrons. The van der Waals surface area contributed by atoms with Crippen LogP contribution in [0.1, 0.15) is 17.3 Å². The van der Waals surface area contributed by atoms with Crippen molar-refractivity contribution in [3.63, 3.8) is 0 Å². The topological polar surface area (TPSA) is 127 Å². The molecule has 0 saturated carbocycles. The Hall–Kier alpha value is -2.42. The standard InChI is InChI=1S/C12H16N4O5/c1-7(11(19)20)15-2-4-16(5-3-15)10(18)8-6-13-12(21)14-9(8)17/h6-7H,2-5H2,1H3,(H,19,20)(H2,13,14,17,21). The van der Waals surface area contributed by atoms with E-state index in [0.29, 0.717) is 26.2 Å². The van der Waals surface area contributed by atoms with Gasteiger partial charge in [0.1, 0.15) is 11.6 Å². The third-order valence-electron chi connectivity index (χ3n) is 3.56. The summed E-state index contributed by atoms with van der Waals surface area (Å²) in [5.41, 5.74) is -1.53. The van der Waals surface area contributed by atoms with Gasteiger partial charge in [-0.05, 0) is 6.92 Å². The number of nitrogens with zero attached hydrogens (tertiary/aromatic N) is 2. The Morgan fingerprint density at radius 1 is 1.24 bits per heavy atom. The number of aromatic nitrogens is 2. The Kier molecular flexibility index (Phi) is 4.22. The minimum absolute atomic E-state index is 0.130. The summed E-state index contributed by atoms with van der Waals surface area (Å²) in [5, 5.41) is 8.95. The maximum Gasteiger partial charge on any atom is 0.325 e. The summed E-state index contributed by atoms with van der Waals surface area (Å²) in [7, 11) is 0. The molecule has 1 atom stereocenters. The van der Waals surface area contributed by atoms with E-state index in [1.807, 2.05) is 4.98 Å². The first-order valence-electron chi connectivity index (χ1n) is 6.48. The number of H-pyrrole nitrogens is 2. The quantitative estimate of drug-likeness (QED) is 0.610. The highest BCUT2D eigenvalue weighted by molar-refractivity contribution is 5.93. The predicted octanol–water partition coefficient (Wildman–Crippen LogP) is -1.71. The molecule has 114 valence electrons. The van der Waals surface area contributed by atoms with Crippen molar-refractivity contribution in [3.8, 4) is 0 Å². The zero-order valence-corrected chi connectivity index (χ0v) is 11.5. The van der Waals surface area contributed by atoms with Gasteiger partial charge in [0.25, 0.3) is 11.5 Å². The molecule has 1 unspecified atom stereocenters. The summed E-state index contributed by atoms with van der Waals surface area (Å²) < 4.78 is 0. The van der Waals surface area contributed by atoms with Crippen molar-refractivity contribution < 1.29 is 14.7 Å². The van der Waals surface area contributed by atoms with Crippen molar-refractivity contribution in [1.29, 1.82) is 0 Å². The van der Waals surface area contributed by atoms with Crippen LogP contribution in [0.2, 0.25) is 0 Å². The summed E-state index contributed by atoms with van der Waals surface area (Å²) in [6.45, 7) is 3.08. The number of rotatable bonds is 3. The Bertz CT molecular complexity index is 656. The lowest BCUT2D eigenvalue weighted by Crippen LogP contribution is -2.53. The molecule has 0 bridgehead atoms. The van der Waals surface area contributed by atoms with E-state index >= 15 is 0 Å². The van der Waals surface area contributed by atoms with Crippen molar-refractivity contribution >= 4 is 11.9 Å². The lowest BCUT2D eigenvalue weighted by atomic mass is 10.2. The molecule has 1 saturated heterocycles. The minimum Gasteiger partial charge on any atom is -0.480 e. The fraction of sp³-hybridized carbons (Fsp3) is 0.500. The van der Waals surface area contributed by atoms with E-state index in [9.17, 15) is 19.2 Å². The minimum atomic E-state index is -0.910. The number of piperazine rings is 1. The molecule has 1 aromatic heterocycles. The van der Waals surface area contributed by atoms with Crippen LogP contribution in [0.4, 0.5) is 0 Å². The number of hydrogen-bond acceptors (Lipinski definition) is 5. The monoisotopic (exact) mass is 296 g/mol. The predicted molar refractivity (Wildman–Crippen MR) is 72.3 cm³/mol. The summed E-state index contributed by atoms with van der Waals surface area (Å²) in [6, 6.07) is -0.612. The lowest BCUT2D eigenvalue weighted by Gasteiger charge is -2.36. The number of aromatic amines is 2. The normalized spacial score (nSPS) is 17.5. The van der Waals surface area contributed by atoms with Gasteiger partial charge in [-0.1, -0.05) is 0 Å². The lowest BCUT2D eigenvalue weighted by molar-refractivity contribution is -0.143. The maximum absolute atomic E-state index is 12.2. The fourth-order valence-electron chi connectivity index (χ4n) is 2.21. The zero-order chi connectivity index (χ0) is 15.6. The molecule has 3 N–H and O–H groups in total. The molecule has 1 aliphatic rings. The molecule has 1 amide bonds. The second-order valence-electron chi connectivity index (χ2n) is 4.83. The van der Waals surface area contributed by atoms with Crippen LogP contribution >= 0.6 is 0 Å². The number of amides is 1.